The Morgan fingerprint density at radius 2 is 1.58 bits per heavy atom. The number of amides is 7. The number of likely N-dealkylation sites (N-methyl/N-ethyl adjacent to an activating group) is 2. The highest BCUT2D eigenvalue weighted by atomic mass is 28.3. The van der Waals surface area contributed by atoms with Crippen LogP contribution in [0.1, 0.15) is 94.5 Å². The molecule has 4 heterocycles. The van der Waals surface area contributed by atoms with Gasteiger partial charge in [-0.2, -0.15) is 0 Å². The van der Waals surface area contributed by atoms with Crippen LogP contribution in [-0.2, 0) is 65.2 Å². The first-order valence-electron chi connectivity index (χ1n) is 26.7. The number of nitrogens with one attached hydrogen (secondary N) is 4. The fourth-order valence-electron chi connectivity index (χ4n) is 9.17. The van der Waals surface area contributed by atoms with Crippen LogP contribution in [-0.4, -0.2) is 126 Å². The van der Waals surface area contributed by atoms with Gasteiger partial charge in [0.05, 0.1) is 29.0 Å². The van der Waals surface area contributed by atoms with Gasteiger partial charge < -0.3 is 60.7 Å². The molecule has 2 aromatic heterocycles. The second-order valence-corrected chi connectivity index (χ2v) is 27.7. The number of pyridine rings is 2. The number of rotatable bonds is 24. The number of cyclic esters (lactones) is 1. The van der Waals surface area contributed by atoms with Crippen LogP contribution in [0.5, 0.6) is 5.75 Å². The van der Waals surface area contributed by atoms with E-state index in [0.29, 0.717) is 34.6 Å². The van der Waals surface area contributed by atoms with Crippen molar-refractivity contribution in [2.45, 2.75) is 136 Å². The molecule has 0 aliphatic carbocycles. The van der Waals surface area contributed by atoms with E-state index in [1.54, 1.807) is 94.8 Å². The molecule has 22 nitrogen and oxygen atoms in total. The number of ether oxygens (including phenoxy) is 3. The molecule has 2 aliphatic heterocycles. The molecule has 426 valence electrons. The van der Waals surface area contributed by atoms with Crippen molar-refractivity contribution in [2.24, 2.45) is 17.6 Å². The van der Waals surface area contributed by atoms with Crippen LogP contribution >= 0.6 is 0 Å². The van der Waals surface area contributed by atoms with E-state index in [-0.39, 0.29) is 112 Å². The Morgan fingerprint density at radius 1 is 0.899 bits per heavy atom. The van der Waals surface area contributed by atoms with Crippen LogP contribution in [0.2, 0.25) is 25.7 Å². The van der Waals surface area contributed by atoms with E-state index in [0.717, 1.165) is 22.6 Å². The summed E-state index contributed by atoms with van der Waals surface area (Å²) in [4.78, 5) is 124. The van der Waals surface area contributed by atoms with Crippen LogP contribution in [0, 0.1) is 11.8 Å². The number of anilines is 1. The predicted molar refractivity (Wildman–Crippen MR) is 298 cm³/mol. The summed E-state index contributed by atoms with van der Waals surface area (Å²) < 4.78 is 18.3. The molecule has 0 spiro atoms. The molecular weight excluding hydrogens is 1030 g/mol. The number of carbonyl (C=O) groups excluding carboxylic acids is 8. The molecule has 0 saturated heterocycles. The first-order chi connectivity index (χ1) is 37.2. The number of Topliss-reactive ketones (excluding diaryl/α,β-unsaturated/α-hetero) is 1. The maximum Gasteiger partial charge on any atom is 0.415 e. The Balaban J connectivity index is 1.04. The van der Waals surface area contributed by atoms with Crippen molar-refractivity contribution < 1.29 is 57.7 Å². The predicted octanol–water partition coefficient (Wildman–Crippen LogP) is 5.68. The first-order valence-corrected chi connectivity index (χ1v) is 30.4. The van der Waals surface area contributed by atoms with Gasteiger partial charge in [0.25, 0.3) is 5.56 Å². The van der Waals surface area contributed by atoms with Gasteiger partial charge in [-0.05, 0) is 79.1 Å². The molecule has 0 unspecified atom stereocenters. The number of nitrogens with two attached hydrogens (primary N) is 1. The normalized spacial score (nSPS) is 15.2. The summed E-state index contributed by atoms with van der Waals surface area (Å²) in [6, 6.07) is 11.5. The van der Waals surface area contributed by atoms with Gasteiger partial charge in [-0.15, -0.1) is 0 Å². The van der Waals surface area contributed by atoms with Crippen molar-refractivity contribution in [3.05, 3.63) is 86.7 Å². The van der Waals surface area contributed by atoms with Crippen LogP contribution in [0.25, 0.3) is 22.3 Å². The molecule has 2 aromatic carbocycles. The molecule has 0 radical (unpaired) electrons. The van der Waals surface area contributed by atoms with E-state index in [4.69, 9.17) is 24.9 Å². The third kappa shape index (κ3) is 15.1. The number of carbonyl (C=O) groups is 8. The zero-order valence-corrected chi connectivity index (χ0v) is 47.8. The van der Waals surface area contributed by atoms with E-state index in [2.05, 4.69) is 40.9 Å². The van der Waals surface area contributed by atoms with Crippen LogP contribution in [0.15, 0.2) is 53.3 Å². The third-order valence-corrected chi connectivity index (χ3v) is 15.9. The van der Waals surface area contributed by atoms with Crippen LogP contribution in [0.3, 0.4) is 0 Å². The lowest BCUT2D eigenvalue weighted by Crippen LogP contribution is -2.54. The van der Waals surface area contributed by atoms with Gasteiger partial charge in [0.15, 0.2) is 5.60 Å². The zero-order chi connectivity index (χ0) is 58.1. The smallest absolute Gasteiger partial charge is 0.415 e. The van der Waals surface area contributed by atoms with Crippen molar-refractivity contribution in [1.82, 2.24) is 35.3 Å². The van der Waals surface area contributed by atoms with Crippen molar-refractivity contribution in [2.75, 3.05) is 39.0 Å². The van der Waals surface area contributed by atoms with Crippen LogP contribution < -0.4 is 37.3 Å². The Labute approximate surface area is 460 Å². The number of ketones is 1. The fourth-order valence-corrected chi connectivity index (χ4v) is 10.2. The van der Waals surface area contributed by atoms with Gasteiger partial charge in [-0.3, -0.25) is 24.0 Å². The molecule has 0 fully saturated rings. The van der Waals surface area contributed by atoms with Gasteiger partial charge >= 0.3 is 24.2 Å². The number of primary amides is 1. The highest BCUT2D eigenvalue weighted by molar-refractivity contribution is 6.76. The number of nitrogens with zero attached hydrogens (tertiary/aromatic N) is 4. The van der Waals surface area contributed by atoms with Crippen molar-refractivity contribution in [3.63, 3.8) is 0 Å². The first kappa shape index (κ1) is 60.6. The Morgan fingerprint density at radius 3 is 2.22 bits per heavy atom. The number of fused-ring (bicyclic) bond motifs is 5. The molecule has 2 aliphatic rings. The summed E-state index contributed by atoms with van der Waals surface area (Å²) >= 11 is 0. The van der Waals surface area contributed by atoms with Gasteiger partial charge in [0.1, 0.15) is 36.8 Å². The van der Waals surface area contributed by atoms with Crippen LogP contribution in [0.4, 0.5) is 20.1 Å². The third-order valence-electron chi connectivity index (χ3n) is 14.2. The second-order valence-electron chi connectivity index (χ2n) is 22.1. The number of aromatic nitrogens is 2. The van der Waals surface area contributed by atoms with Crippen molar-refractivity contribution in [1.29, 1.82) is 0 Å². The SMILES string of the molecule is CC[C@@]1(O)C(=O)OCc2c1cc1n(c2=O)Cc2c-1nc1ccc(OC(=O)N(C)CCN(C)C(=O)OCc3ccc(NC(=O)[C@H](CCCNC(N)=O)NC(=O)[C@@H](NC(=O)CCC(=O)C(C)C)C(C)C)cc3)cc1c2CC[Si](C)(C)C. The summed E-state index contributed by atoms with van der Waals surface area (Å²) in [5.41, 5.74) is 7.89. The van der Waals surface area contributed by atoms with Gasteiger partial charge in [-0.1, -0.05) is 72.4 Å². The second kappa shape index (κ2) is 25.9. The van der Waals surface area contributed by atoms with E-state index in [9.17, 15) is 48.3 Å². The number of esters is 1. The van der Waals surface area contributed by atoms with E-state index >= 15 is 0 Å². The summed E-state index contributed by atoms with van der Waals surface area (Å²) in [6.07, 6.45) is -0.262. The molecule has 6 rings (SSSR count). The Bertz CT molecular complexity index is 3050. The molecule has 7 amide bonds. The maximum absolute atomic E-state index is 14.0. The lowest BCUT2D eigenvalue weighted by Gasteiger charge is -2.31. The average Bonchev–Trinajstić information content (AvgIpc) is 3.97. The molecule has 7 N–H and O–H groups in total. The van der Waals surface area contributed by atoms with E-state index in [1.165, 1.54) is 16.8 Å². The molecule has 23 heteroatoms. The molecule has 79 heavy (non-hydrogen) atoms. The summed E-state index contributed by atoms with van der Waals surface area (Å²) in [7, 11) is 1.48. The quantitative estimate of drug-likeness (QED) is 0.0246. The lowest BCUT2D eigenvalue weighted by molar-refractivity contribution is -0.172. The minimum atomic E-state index is -1.95. The maximum atomic E-state index is 14.0. The fraction of sp³-hybridized carbons (Fsp3) is 0.500. The minimum absolute atomic E-state index is 0.0288. The van der Waals surface area contributed by atoms with Crippen molar-refractivity contribution >= 4 is 72.4 Å². The summed E-state index contributed by atoms with van der Waals surface area (Å²) in [6.45, 7) is 15.7. The number of urea groups is 1. The van der Waals surface area contributed by atoms with E-state index < -0.39 is 67.7 Å². The summed E-state index contributed by atoms with van der Waals surface area (Å²) in [5, 5.41) is 22.8. The molecule has 3 atom stereocenters. The standard InChI is InChI=1S/C56H75N9O13Si/c1-11-56(75)41-28-44-48-39(29-65(44)51(70)40(41)31-76-52(56)71)37(22-26-79(8,9)10)38-27-36(18-19-42(38)60-48)78-55(74)64(7)25-24-63(6)54(73)77-30-34-14-16-35(17-15-34)59-49(68)43(13-12-23-58-53(57)72)61-50(69)47(33(4)5)62-46(67)21-20-45(66)32(2)3/h14-19,27-28,32-33,43,47,75H,11-13,20-26,29-31H2,1-10H3,(H,59,68)(H,61,69)(H,62,67)(H3,57,58,72)/t43-,47-,56-/m0/s1. The molecule has 0 bridgehead atoms. The number of aryl methyl sites for hydroxylation is 1. The minimum Gasteiger partial charge on any atom is -0.458 e. The molecule has 0 saturated carbocycles. The number of hydrogen-bond acceptors (Lipinski definition) is 14. The van der Waals surface area contributed by atoms with Crippen molar-refractivity contribution in [3.8, 4) is 17.1 Å². The highest BCUT2D eigenvalue weighted by Gasteiger charge is 2.45. The largest absolute Gasteiger partial charge is 0.458 e. The monoisotopic (exact) mass is 1110 g/mol. The molecule has 4 aromatic rings. The van der Waals surface area contributed by atoms with Gasteiger partial charge in [0, 0.05) is 82.8 Å². The van der Waals surface area contributed by atoms with Gasteiger partial charge in [-0.25, -0.2) is 24.2 Å². The highest BCUT2D eigenvalue weighted by Crippen LogP contribution is 2.41. The molecular formula is C56H75N9O13Si. The lowest BCUT2D eigenvalue weighted by atomic mass is 9.86. The zero-order valence-electron chi connectivity index (χ0n) is 46.8. The topological polar surface area (TPSA) is 300 Å². The average molecular weight is 1110 g/mol. The number of hydrogen-bond donors (Lipinski definition) is 6. The Kier molecular flexibility index (Phi) is 19.8. The van der Waals surface area contributed by atoms with E-state index in [1.807, 2.05) is 0 Å². The summed E-state index contributed by atoms with van der Waals surface area (Å²) in [5.74, 6) is -2.81. The number of aliphatic hydroxyl groups is 1. The van der Waals surface area contributed by atoms with Gasteiger partial charge in [0.2, 0.25) is 17.7 Å². The Hall–Kier alpha value is -7.66. The number of benzene rings is 2.